The maximum Gasteiger partial charge on any atom is 0.150 e. The summed E-state index contributed by atoms with van der Waals surface area (Å²) in [6, 6.07) is 11.5. The van der Waals surface area contributed by atoms with Gasteiger partial charge in [0.05, 0.1) is 4.47 Å². The lowest BCUT2D eigenvalue weighted by atomic mass is 9.86. The summed E-state index contributed by atoms with van der Waals surface area (Å²) in [5.74, 6) is 1.52. The van der Waals surface area contributed by atoms with E-state index in [9.17, 15) is 4.79 Å². The van der Waals surface area contributed by atoms with Crippen molar-refractivity contribution in [1.82, 2.24) is 0 Å². The van der Waals surface area contributed by atoms with E-state index in [1.54, 1.807) is 18.2 Å². The minimum atomic E-state index is 0.121. The topological polar surface area (TPSA) is 26.3 Å². The molecule has 0 saturated heterocycles. The standard InChI is InChI=1S/C18H19BrO2/c1-12-9-14(18(2,3)4)6-8-16(12)21-17-7-5-13(11-20)10-15(17)19/h5-11H,1-4H3. The van der Waals surface area contributed by atoms with Gasteiger partial charge in [0.15, 0.2) is 0 Å². The Labute approximate surface area is 134 Å². The van der Waals surface area contributed by atoms with E-state index in [1.165, 1.54) is 5.56 Å². The van der Waals surface area contributed by atoms with Gasteiger partial charge in [0.1, 0.15) is 17.8 Å². The summed E-state index contributed by atoms with van der Waals surface area (Å²) in [6.07, 6.45) is 0.817. The van der Waals surface area contributed by atoms with Crippen LogP contribution in [0.25, 0.3) is 0 Å². The summed E-state index contributed by atoms with van der Waals surface area (Å²) < 4.78 is 6.71. The number of benzene rings is 2. The molecule has 0 unspecified atom stereocenters. The van der Waals surface area contributed by atoms with Crippen LogP contribution < -0.4 is 4.74 Å². The number of carbonyl (C=O) groups is 1. The normalized spacial score (nSPS) is 11.3. The van der Waals surface area contributed by atoms with Gasteiger partial charge in [-0.2, -0.15) is 0 Å². The monoisotopic (exact) mass is 346 g/mol. The van der Waals surface area contributed by atoms with E-state index in [0.29, 0.717) is 11.3 Å². The molecule has 2 rings (SSSR count). The zero-order valence-electron chi connectivity index (χ0n) is 12.7. The highest BCUT2D eigenvalue weighted by molar-refractivity contribution is 9.10. The number of aldehydes is 1. The Morgan fingerprint density at radius 1 is 1.05 bits per heavy atom. The van der Waals surface area contributed by atoms with Crippen molar-refractivity contribution in [2.75, 3.05) is 0 Å². The number of carbonyl (C=O) groups excluding carboxylic acids is 1. The van der Waals surface area contributed by atoms with E-state index in [0.717, 1.165) is 22.1 Å². The van der Waals surface area contributed by atoms with Gasteiger partial charge >= 0.3 is 0 Å². The number of rotatable bonds is 3. The first-order valence-electron chi connectivity index (χ1n) is 6.85. The quantitative estimate of drug-likeness (QED) is 0.670. The summed E-state index contributed by atoms with van der Waals surface area (Å²) in [6.45, 7) is 8.61. The molecular formula is C18H19BrO2. The summed E-state index contributed by atoms with van der Waals surface area (Å²) in [5.41, 5.74) is 3.11. The number of halogens is 1. The molecule has 0 atom stereocenters. The van der Waals surface area contributed by atoms with Gasteiger partial charge in [0.2, 0.25) is 0 Å². The number of hydrogen-bond donors (Lipinski definition) is 0. The second-order valence-corrected chi connectivity index (χ2v) is 6.99. The molecular weight excluding hydrogens is 328 g/mol. The van der Waals surface area contributed by atoms with Crippen molar-refractivity contribution in [2.45, 2.75) is 33.1 Å². The Bertz CT molecular complexity index is 669. The van der Waals surface area contributed by atoms with Crippen LogP contribution in [0.2, 0.25) is 0 Å². The minimum absolute atomic E-state index is 0.121. The van der Waals surface area contributed by atoms with Crippen molar-refractivity contribution in [2.24, 2.45) is 0 Å². The van der Waals surface area contributed by atoms with Gasteiger partial charge in [-0.3, -0.25) is 4.79 Å². The predicted octanol–water partition coefficient (Wildman–Crippen LogP) is 5.66. The molecule has 0 N–H and O–H groups in total. The van der Waals surface area contributed by atoms with E-state index in [-0.39, 0.29) is 5.41 Å². The van der Waals surface area contributed by atoms with Crippen molar-refractivity contribution in [3.05, 3.63) is 57.6 Å². The van der Waals surface area contributed by atoms with Gasteiger partial charge in [0, 0.05) is 5.56 Å². The van der Waals surface area contributed by atoms with Crippen LogP contribution in [0.15, 0.2) is 40.9 Å². The van der Waals surface area contributed by atoms with Gasteiger partial charge in [-0.25, -0.2) is 0 Å². The Balaban J connectivity index is 2.30. The van der Waals surface area contributed by atoms with Crippen LogP contribution in [0, 0.1) is 6.92 Å². The first-order chi connectivity index (χ1) is 9.81. The lowest BCUT2D eigenvalue weighted by molar-refractivity contribution is 0.112. The largest absolute Gasteiger partial charge is 0.456 e. The fourth-order valence-electron chi connectivity index (χ4n) is 2.02. The highest BCUT2D eigenvalue weighted by Crippen LogP contribution is 2.33. The Morgan fingerprint density at radius 2 is 1.71 bits per heavy atom. The molecule has 0 spiro atoms. The molecule has 0 saturated carbocycles. The highest BCUT2D eigenvalue weighted by Gasteiger charge is 2.15. The molecule has 0 bridgehead atoms. The molecule has 0 heterocycles. The Morgan fingerprint density at radius 3 is 2.24 bits per heavy atom. The van der Waals surface area contributed by atoms with Crippen LogP contribution in [-0.2, 0) is 5.41 Å². The van der Waals surface area contributed by atoms with Gasteiger partial charge in [-0.15, -0.1) is 0 Å². The SMILES string of the molecule is Cc1cc(C(C)(C)C)ccc1Oc1ccc(C=O)cc1Br. The maximum absolute atomic E-state index is 10.8. The van der Waals surface area contributed by atoms with Gasteiger partial charge in [-0.1, -0.05) is 32.9 Å². The molecule has 0 fully saturated rings. The fraction of sp³-hybridized carbons (Fsp3) is 0.278. The fourth-order valence-corrected chi connectivity index (χ4v) is 2.50. The third-order valence-corrected chi connectivity index (χ3v) is 3.97. The molecule has 3 heteroatoms. The second-order valence-electron chi connectivity index (χ2n) is 6.14. The average Bonchev–Trinajstić information content (AvgIpc) is 2.41. The van der Waals surface area contributed by atoms with E-state index < -0.39 is 0 Å². The molecule has 0 aliphatic rings. The molecule has 2 nitrogen and oxygen atoms in total. The number of ether oxygens (including phenoxy) is 1. The maximum atomic E-state index is 10.8. The summed E-state index contributed by atoms with van der Waals surface area (Å²) >= 11 is 3.43. The van der Waals surface area contributed by atoms with Crippen LogP contribution in [0.5, 0.6) is 11.5 Å². The molecule has 0 amide bonds. The van der Waals surface area contributed by atoms with Crippen molar-refractivity contribution in [1.29, 1.82) is 0 Å². The second kappa shape index (κ2) is 6.02. The van der Waals surface area contributed by atoms with Gasteiger partial charge < -0.3 is 4.74 Å². The van der Waals surface area contributed by atoms with E-state index in [4.69, 9.17) is 4.74 Å². The lowest BCUT2D eigenvalue weighted by Gasteiger charge is -2.20. The Kier molecular flexibility index (Phi) is 4.52. The van der Waals surface area contributed by atoms with Crippen molar-refractivity contribution in [3.63, 3.8) is 0 Å². The molecule has 110 valence electrons. The van der Waals surface area contributed by atoms with Crippen LogP contribution in [0.1, 0.15) is 42.3 Å². The van der Waals surface area contributed by atoms with Gasteiger partial charge in [0.25, 0.3) is 0 Å². The zero-order valence-corrected chi connectivity index (χ0v) is 14.3. The predicted molar refractivity (Wildman–Crippen MR) is 89.5 cm³/mol. The molecule has 21 heavy (non-hydrogen) atoms. The van der Waals surface area contributed by atoms with E-state index in [1.807, 2.05) is 13.0 Å². The third kappa shape index (κ3) is 3.73. The van der Waals surface area contributed by atoms with Crippen molar-refractivity contribution in [3.8, 4) is 11.5 Å². The molecule has 0 aliphatic heterocycles. The molecule has 0 aromatic heterocycles. The van der Waals surface area contributed by atoms with Crippen LogP contribution in [0.3, 0.4) is 0 Å². The summed E-state index contributed by atoms with van der Waals surface area (Å²) in [4.78, 5) is 10.8. The summed E-state index contributed by atoms with van der Waals surface area (Å²) in [5, 5.41) is 0. The molecule has 2 aromatic rings. The average molecular weight is 347 g/mol. The third-order valence-electron chi connectivity index (χ3n) is 3.35. The minimum Gasteiger partial charge on any atom is -0.456 e. The molecule has 0 aliphatic carbocycles. The highest BCUT2D eigenvalue weighted by atomic mass is 79.9. The zero-order chi connectivity index (χ0) is 15.6. The lowest BCUT2D eigenvalue weighted by Crippen LogP contribution is -2.11. The van der Waals surface area contributed by atoms with Crippen LogP contribution in [-0.4, -0.2) is 6.29 Å². The first-order valence-corrected chi connectivity index (χ1v) is 7.64. The van der Waals surface area contributed by atoms with E-state index in [2.05, 4.69) is 48.8 Å². The van der Waals surface area contributed by atoms with Crippen molar-refractivity contribution < 1.29 is 9.53 Å². The molecule has 0 radical (unpaired) electrons. The first kappa shape index (κ1) is 15.8. The smallest absolute Gasteiger partial charge is 0.150 e. The van der Waals surface area contributed by atoms with Crippen LogP contribution in [0.4, 0.5) is 0 Å². The van der Waals surface area contributed by atoms with E-state index >= 15 is 0 Å². The number of aryl methyl sites for hydroxylation is 1. The summed E-state index contributed by atoms with van der Waals surface area (Å²) in [7, 11) is 0. The Hall–Kier alpha value is -1.61. The van der Waals surface area contributed by atoms with Crippen LogP contribution >= 0.6 is 15.9 Å². The van der Waals surface area contributed by atoms with Crippen molar-refractivity contribution >= 4 is 22.2 Å². The number of hydrogen-bond acceptors (Lipinski definition) is 2. The molecule has 2 aromatic carbocycles. The van der Waals surface area contributed by atoms with Gasteiger partial charge in [-0.05, 0) is 63.7 Å².